The molecule has 8 heteroatoms. The number of hydrogen-bond donors (Lipinski definition) is 2. The molecule has 27 heavy (non-hydrogen) atoms. The third-order valence-electron chi connectivity index (χ3n) is 4.47. The minimum atomic E-state index is -0.0127. The van der Waals surface area contributed by atoms with E-state index in [2.05, 4.69) is 25.9 Å². The molecule has 4 aromatic rings. The van der Waals surface area contributed by atoms with Crippen LogP contribution in [0.15, 0.2) is 41.4 Å². The van der Waals surface area contributed by atoms with Crippen LogP contribution < -0.4 is 9.47 Å². The molecule has 0 atom stereocenters. The average Bonchev–Trinajstić information content (AvgIpc) is 3.12. The molecule has 0 radical (unpaired) electrons. The molecule has 0 aliphatic rings. The van der Waals surface area contributed by atoms with Gasteiger partial charge in [-0.25, -0.2) is 9.97 Å². The number of phenolic OH excluding ortho intramolecular Hbond substituents is 2. The fraction of sp³-hybridized carbons (Fsp3) is 0.158. The molecule has 2 aromatic carbocycles. The summed E-state index contributed by atoms with van der Waals surface area (Å²) in [5.74, 6) is 1.21. The SMILES string of the molecule is COc1ccc(Br)c(Cn2cc3c(O)c4nccnc4c(O)c3c2)c1OC. The zero-order valence-electron chi connectivity index (χ0n) is 14.6. The summed E-state index contributed by atoms with van der Waals surface area (Å²) in [6.07, 6.45) is 6.46. The van der Waals surface area contributed by atoms with E-state index in [1.165, 1.54) is 12.4 Å². The predicted molar refractivity (Wildman–Crippen MR) is 105 cm³/mol. The molecule has 7 nitrogen and oxygen atoms in total. The van der Waals surface area contributed by atoms with Crippen LogP contribution in [0.5, 0.6) is 23.0 Å². The summed E-state index contributed by atoms with van der Waals surface area (Å²) in [4.78, 5) is 8.25. The molecule has 2 aromatic heterocycles. The number of methoxy groups -OCH3 is 2. The van der Waals surface area contributed by atoms with Crippen molar-refractivity contribution >= 4 is 37.7 Å². The van der Waals surface area contributed by atoms with Crippen molar-refractivity contribution in [2.75, 3.05) is 14.2 Å². The van der Waals surface area contributed by atoms with Gasteiger partial charge in [0.1, 0.15) is 11.0 Å². The Kier molecular flexibility index (Phi) is 4.27. The van der Waals surface area contributed by atoms with Crippen molar-refractivity contribution in [2.24, 2.45) is 0 Å². The van der Waals surface area contributed by atoms with E-state index in [-0.39, 0.29) is 22.5 Å². The van der Waals surface area contributed by atoms with Gasteiger partial charge in [0.2, 0.25) is 0 Å². The highest BCUT2D eigenvalue weighted by Crippen LogP contribution is 2.41. The van der Waals surface area contributed by atoms with E-state index in [0.717, 1.165) is 10.0 Å². The molecule has 0 bridgehead atoms. The number of nitrogens with zero attached hydrogens (tertiary/aromatic N) is 3. The predicted octanol–water partition coefficient (Wildman–Crippen LogP) is 3.82. The Morgan fingerprint density at radius 1 is 0.963 bits per heavy atom. The number of benzene rings is 2. The van der Waals surface area contributed by atoms with Gasteiger partial charge in [0.05, 0.1) is 20.8 Å². The fourth-order valence-corrected chi connectivity index (χ4v) is 3.65. The van der Waals surface area contributed by atoms with Crippen LogP contribution in [-0.2, 0) is 6.54 Å². The molecule has 2 N–H and O–H groups in total. The van der Waals surface area contributed by atoms with E-state index in [1.807, 2.05) is 16.7 Å². The lowest BCUT2D eigenvalue weighted by molar-refractivity contribution is 0.350. The van der Waals surface area contributed by atoms with Gasteiger partial charge in [0.25, 0.3) is 0 Å². The molecule has 0 unspecified atom stereocenters. The maximum Gasteiger partial charge on any atom is 0.166 e. The number of halogens is 1. The van der Waals surface area contributed by atoms with Crippen molar-refractivity contribution in [3.8, 4) is 23.0 Å². The smallest absolute Gasteiger partial charge is 0.166 e. The third-order valence-corrected chi connectivity index (χ3v) is 5.21. The number of rotatable bonds is 4. The first-order valence-corrected chi connectivity index (χ1v) is 8.88. The largest absolute Gasteiger partial charge is 0.505 e. The van der Waals surface area contributed by atoms with E-state index in [0.29, 0.717) is 28.8 Å². The molecule has 0 saturated heterocycles. The van der Waals surface area contributed by atoms with Crippen LogP contribution in [0.1, 0.15) is 5.56 Å². The second-order valence-corrected chi connectivity index (χ2v) is 6.82. The Bertz CT molecular complexity index is 1110. The molecule has 0 fully saturated rings. The number of aromatic hydroxyl groups is 2. The van der Waals surface area contributed by atoms with Crippen LogP contribution in [0.25, 0.3) is 21.8 Å². The summed E-state index contributed by atoms with van der Waals surface area (Å²) < 4.78 is 13.6. The van der Waals surface area contributed by atoms with Crippen LogP contribution in [0.2, 0.25) is 0 Å². The lowest BCUT2D eigenvalue weighted by Crippen LogP contribution is -2.02. The van der Waals surface area contributed by atoms with Crippen molar-refractivity contribution in [2.45, 2.75) is 6.54 Å². The van der Waals surface area contributed by atoms with Gasteiger partial charge in [-0.1, -0.05) is 15.9 Å². The Hall–Kier alpha value is -3.00. The third kappa shape index (κ3) is 2.73. The molecule has 0 aliphatic carbocycles. The lowest BCUT2D eigenvalue weighted by Gasteiger charge is -2.15. The molecule has 0 amide bonds. The summed E-state index contributed by atoms with van der Waals surface area (Å²) in [6, 6.07) is 3.71. The number of phenols is 2. The van der Waals surface area contributed by atoms with Crippen LogP contribution in [0.4, 0.5) is 0 Å². The van der Waals surface area contributed by atoms with Crippen molar-refractivity contribution < 1.29 is 19.7 Å². The Morgan fingerprint density at radius 3 is 2.07 bits per heavy atom. The number of fused-ring (bicyclic) bond motifs is 2. The van der Waals surface area contributed by atoms with Crippen LogP contribution in [-0.4, -0.2) is 39.0 Å². The first-order chi connectivity index (χ1) is 13.0. The fourth-order valence-electron chi connectivity index (χ4n) is 3.21. The summed E-state index contributed by atoms with van der Waals surface area (Å²) in [7, 11) is 3.17. The highest BCUT2D eigenvalue weighted by molar-refractivity contribution is 9.10. The van der Waals surface area contributed by atoms with Gasteiger partial charge in [-0.2, -0.15) is 0 Å². The van der Waals surface area contributed by atoms with Crippen LogP contribution >= 0.6 is 15.9 Å². The zero-order chi connectivity index (χ0) is 19.1. The second kappa shape index (κ2) is 6.62. The number of hydrogen-bond acceptors (Lipinski definition) is 6. The van der Waals surface area contributed by atoms with Gasteiger partial charge < -0.3 is 24.3 Å². The second-order valence-electron chi connectivity index (χ2n) is 5.97. The monoisotopic (exact) mass is 429 g/mol. The van der Waals surface area contributed by atoms with Crippen molar-refractivity contribution in [3.05, 3.63) is 47.0 Å². The van der Waals surface area contributed by atoms with Crippen molar-refractivity contribution in [1.29, 1.82) is 0 Å². The van der Waals surface area contributed by atoms with E-state index in [4.69, 9.17) is 9.47 Å². The quantitative estimate of drug-likeness (QED) is 0.479. The average molecular weight is 430 g/mol. The highest BCUT2D eigenvalue weighted by Gasteiger charge is 2.19. The minimum Gasteiger partial charge on any atom is -0.505 e. The maximum atomic E-state index is 10.6. The zero-order valence-corrected chi connectivity index (χ0v) is 16.2. The summed E-state index contributed by atoms with van der Waals surface area (Å²) in [6.45, 7) is 0.436. The van der Waals surface area contributed by atoms with Crippen molar-refractivity contribution in [1.82, 2.24) is 14.5 Å². The van der Waals surface area contributed by atoms with E-state index < -0.39 is 0 Å². The number of ether oxygens (including phenoxy) is 2. The van der Waals surface area contributed by atoms with Gasteiger partial charge in [0, 0.05) is 45.6 Å². The summed E-state index contributed by atoms with van der Waals surface area (Å²) >= 11 is 3.55. The lowest BCUT2D eigenvalue weighted by atomic mass is 10.1. The topological polar surface area (TPSA) is 89.6 Å². The van der Waals surface area contributed by atoms with Gasteiger partial charge in [-0.15, -0.1) is 0 Å². The molecular weight excluding hydrogens is 414 g/mol. The van der Waals surface area contributed by atoms with Crippen LogP contribution in [0, 0.1) is 0 Å². The molecule has 4 rings (SSSR count). The Morgan fingerprint density at radius 2 is 1.56 bits per heavy atom. The van der Waals surface area contributed by atoms with Gasteiger partial charge in [-0.05, 0) is 12.1 Å². The highest BCUT2D eigenvalue weighted by atomic mass is 79.9. The molecule has 2 heterocycles. The van der Waals surface area contributed by atoms with Crippen molar-refractivity contribution in [3.63, 3.8) is 0 Å². The van der Waals surface area contributed by atoms with E-state index in [1.54, 1.807) is 26.6 Å². The molecule has 138 valence electrons. The molecule has 0 aliphatic heterocycles. The normalized spacial score (nSPS) is 11.2. The minimum absolute atomic E-state index is 0.0127. The summed E-state index contributed by atoms with van der Waals surface area (Å²) in [5, 5.41) is 22.1. The Labute approximate surface area is 162 Å². The van der Waals surface area contributed by atoms with Gasteiger partial charge >= 0.3 is 0 Å². The maximum absolute atomic E-state index is 10.6. The Balaban J connectivity index is 1.89. The molecular formula is C19H16BrN3O4. The van der Waals surface area contributed by atoms with E-state index in [9.17, 15) is 10.2 Å². The first kappa shape index (κ1) is 17.4. The standard InChI is InChI=1S/C19H16BrN3O4/c1-26-14-4-3-13(20)12(19(14)27-2)9-23-7-10-11(8-23)18(25)16-15(17(10)24)21-5-6-22-16/h3-8,24-25H,9H2,1-2H3. The molecule has 0 spiro atoms. The van der Waals surface area contributed by atoms with Gasteiger partial charge in [-0.3, -0.25) is 0 Å². The first-order valence-electron chi connectivity index (χ1n) is 8.08. The van der Waals surface area contributed by atoms with E-state index >= 15 is 0 Å². The summed E-state index contributed by atoms with van der Waals surface area (Å²) in [5.41, 5.74) is 1.40. The molecule has 0 saturated carbocycles. The van der Waals surface area contributed by atoms with Gasteiger partial charge in [0.15, 0.2) is 23.0 Å². The number of aromatic nitrogens is 3. The van der Waals surface area contributed by atoms with Crippen LogP contribution in [0.3, 0.4) is 0 Å².